The molecule has 0 bridgehead atoms. The lowest BCUT2D eigenvalue weighted by Crippen LogP contribution is -2.23. The maximum atomic E-state index is 13.1. The first-order valence-electron chi connectivity index (χ1n) is 5.49. The number of ether oxygens (including phenoxy) is 1. The monoisotopic (exact) mass is 236 g/mol. The van der Waals surface area contributed by atoms with Crippen molar-refractivity contribution in [2.75, 3.05) is 6.61 Å². The van der Waals surface area contributed by atoms with E-state index in [0.717, 1.165) is 0 Å². The predicted molar refractivity (Wildman–Crippen MR) is 61.5 cm³/mol. The Balaban J connectivity index is 2.27. The molecule has 1 N–H and O–H groups in total. The van der Waals surface area contributed by atoms with E-state index in [1.807, 2.05) is 0 Å². The summed E-state index contributed by atoms with van der Waals surface area (Å²) in [7, 11) is 0. The molecule has 2 rings (SSSR count). The van der Waals surface area contributed by atoms with Gasteiger partial charge in [0.1, 0.15) is 11.6 Å². The molecule has 0 saturated carbocycles. The van der Waals surface area contributed by atoms with Gasteiger partial charge in [-0.1, -0.05) is 6.92 Å². The first-order chi connectivity index (χ1) is 8.20. The van der Waals surface area contributed by atoms with E-state index in [1.165, 1.54) is 12.1 Å². The van der Waals surface area contributed by atoms with Crippen molar-refractivity contribution >= 4 is 11.6 Å². The second kappa shape index (κ2) is 4.95. The van der Waals surface area contributed by atoms with E-state index in [4.69, 9.17) is 4.74 Å². The van der Waals surface area contributed by atoms with Gasteiger partial charge in [0.15, 0.2) is 0 Å². The molecule has 1 aliphatic rings. The van der Waals surface area contributed by atoms with E-state index in [0.29, 0.717) is 36.5 Å². The maximum absolute atomic E-state index is 13.1. The van der Waals surface area contributed by atoms with Gasteiger partial charge in [-0.3, -0.25) is 4.79 Å². The van der Waals surface area contributed by atoms with Crippen LogP contribution in [0, 0.1) is 5.82 Å². The molecule has 0 aliphatic carbocycles. The van der Waals surface area contributed by atoms with Gasteiger partial charge < -0.3 is 4.74 Å². The Kier molecular flexibility index (Phi) is 3.37. The highest BCUT2D eigenvalue weighted by Gasteiger charge is 2.17. The normalized spacial score (nSPS) is 16.2. The zero-order chi connectivity index (χ0) is 12.3. The van der Waals surface area contributed by atoms with Crippen molar-refractivity contribution in [2.24, 2.45) is 5.10 Å². The van der Waals surface area contributed by atoms with Gasteiger partial charge in [0.05, 0.1) is 12.3 Å². The van der Waals surface area contributed by atoms with Crippen molar-refractivity contribution in [1.29, 1.82) is 0 Å². The van der Waals surface area contributed by atoms with E-state index in [2.05, 4.69) is 10.5 Å². The van der Waals surface area contributed by atoms with Crippen LogP contribution in [0.1, 0.15) is 25.3 Å². The van der Waals surface area contributed by atoms with Crippen LogP contribution < -0.4 is 10.2 Å². The molecule has 1 aromatic carbocycles. The minimum Gasteiger partial charge on any atom is -0.492 e. The molecule has 0 unspecified atom stereocenters. The number of hydrogen-bond acceptors (Lipinski definition) is 3. The number of hydrazone groups is 1. The average Bonchev–Trinajstić information content (AvgIpc) is 2.35. The van der Waals surface area contributed by atoms with Gasteiger partial charge >= 0.3 is 0 Å². The molecular formula is C12H13FN2O2. The number of fused-ring (bicyclic) bond motifs is 1. The molecule has 0 radical (unpaired) electrons. The summed E-state index contributed by atoms with van der Waals surface area (Å²) in [6, 6.07) is 4.28. The number of hydrogen-bond donors (Lipinski definition) is 1. The molecule has 1 amide bonds. The van der Waals surface area contributed by atoms with Gasteiger partial charge in [-0.25, -0.2) is 9.82 Å². The summed E-state index contributed by atoms with van der Waals surface area (Å²) in [4.78, 5) is 11.1. The highest BCUT2D eigenvalue weighted by atomic mass is 19.1. The molecule has 17 heavy (non-hydrogen) atoms. The van der Waals surface area contributed by atoms with Gasteiger partial charge in [0, 0.05) is 18.4 Å². The molecule has 0 spiro atoms. The van der Waals surface area contributed by atoms with Gasteiger partial charge in [0.25, 0.3) is 0 Å². The summed E-state index contributed by atoms with van der Waals surface area (Å²) in [5, 5.41) is 4.01. The summed E-state index contributed by atoms with van der Waals surface area (Å²) in [6.45, 7) is 2.23. The van der Waals surface area contributed by atoms with Crippen LogP contribution in [-0.2, 0) is 4.79 Å². The SMILES string of the molecule is CCC(=O)NN=C1CCOc2ccc(F)cc21. The molecule has 5 heteroatoms. The van der Waals surface area contributed by atoms with Crippen molar-refractivity contribution in [3.05, 3.63) is 29.6 Å². The second-order valence-corrected chi connectivity index (χ2v) is 3.69. The number of rotatable bonds is 2. The van der Waals surface area contributed by atoms with Gasteiger partial charge in [-0.05, 0) is 18.2 Å². The van der Waals surface area contributed by atoms with Crippen LogP contribution in [0.2, 0.25) is 0 Å². The fraction of sp³-hybridized carbons (Fsp3) is 0.333. The lowest BCUT2D eigenvalue weighted by molar-refractivity contribution is -0.120. The summed E-state index contributed by atoms with van der Waals surface area (Å²) in [5.41, 5.74) is 3.68. The molecule has 1 aromatic rings. The number of nitrogens with one attached hydrogen (secondary N) is 1. The highest BCUT2D eigenvalue weighted by molar-refractivity contribution is 6.04. The van der Waals surface area contributed by atoms with Crippen molar-refractivity contribution in [3.63, 3.8) is 0 Å². The summed E-state index contributed by atoms with van der Waals surface area (Å²) in [5.74, 6) is 0.0906. The second-order valence-electron chi connectivity index (χ2n) is 3.69. The molecular weight excluding hydrogens is 223 g/mol. The molecule has 4 nitrogen and oxygen atoms in total. The average molecular weight is 236 g/mol. The van der Waals surface area contributed by atoms with Crippen molar-refractivity contribution in [3.8, 4) is 5.75 Å². The molecule has 0 aromatic heterocycles. The van der Waals surface area contributed by atoms with Crippen molar-refractivity contribution in [2.45, 2.75) is 19.8 Å². The minimum atomic E-state index is -0.344. The third-order valence-electron chi connectivity index (χ3n) is 2.49. The third-order valence-corrected chi connectivity index (χ3v) is 2.49. The number of benzene rings is 1. The topological polar surface area (TPSA) is 50.7 Å². The fourth-order valence-corrected chi connectivity index (χ4v) is 1.57. The first-order valence-corrected chi connectivity index (χ1v) is 5.49. The Labute approximate surface area is 98.5 Å². The zero-order valence-electron chi connectivity index (χ0n) is 9.50. The van der Waals surface area contributed by atoms with Crippen LogP contribution in [0.4, 0.5) is 4.39 Å². The van der Waals surface area contributed by atoms with Crippen LogP contribution in [-0.4, -0.2) is 18.2 Å². The predicted octanol–water partition coefficient (Wildman–Crippen LogP) is 1.84. The molecule has 0 atom stereocenters. The van der Waals surface area contributed by atoms with E-state index in [9.17, 15) is 9.18 Å². The quantitative estimate of drug-likeness (QED) is 0.796. The number of halogens is 1. The fourth-order valence-electron chi connectivity index (χ4n) is 1.57. The van der Waals surface area contributed by atoms with E-state index in [-0.39, 0.29) is 11.7 Å². The van der Waals surface area contributed by atoms with Crippen LogP contribution >= 0.6 is 0 Å². The maximum Gasteiger partial charge on any atom is 0.239 e. The molecule has 1 heterocycles. The zero-order valence-corrected chi connectivity index (χ0v) is 9.50. The van der Waals surface area contributed by atoms with Crippen LogP contribution in [0.15, 0.2) is 23.3 Å². The molecule has 90 valence electrons. The van der Waals surface area contributed by atoms with Crippen molar-refractivity contribution < 1.29 is 13.9 Å². The van der Waals surface area contributed by atoms with Crippen LogP contribution in [0.25, 0.3) is 0 Å². The Morgan fingerprint density at radius 2 is 2.41 bits per heavy atom. The standard InChI is InChI=1S/C12H13FN2O2/c1-2-12(16)15-14-10-5-6-17-11-4-3-8(13)7-9(10)11/h3-4,7H,2,5-6H2,1H3,(H,15,16). The Hall–Kier alpha value is -1.91. The summed E-state index contributed by atoms with van der Waals surface area (Å²) < 4.78 is 18.5. The summed E-state index contributed by atoms with van der Waals surface area (Å²) in [6.07, 6.45) is 0.920. The van der Waals surface area contributed by atoms with E-state index >= 15 is 0 Å². The number of amides is 1. The number of carbonyl (C=O) groups is 1. The van der Waals surface area contributed by atoms with Crippen LogP contribution in [0.3, 0.4) is 0 Å². The number of carbonyl (C=O) groups excluding carboxylic acids is 1. The summed E-state index contributed by atoms with van der Waals surface area (Å²) >= 11 is 0. The van der Waals surface area contributed by atoms with Crippen molar-refractivity contribution in [1.82, 2.24) is 5.43 Å². The first kappa shape index (κ1) is 11.6. The molecule has 1 aliphatic heterocycles. The molecule has 0 saturated heterocycles. The van der Waals surface area contributed by atoms with Gasteiger partial charge in [-0.2, -0.15) is 5.10 Å². The Morgan fingerprint density at radius 1 is 1.59 bits per heavy atom. The van der Waals surface area contributed by atoms with Gasteiger partial charge in [0.2, 0.25) is 5.91 Å². The number of nitrogens with zero attached hydrogens (tertiary/aromatic N) is 1. The Bertz CT molecular complexity index is 472. The third kappa shape index (κ3) is 2.61. The lowest BCUT2D eigenvalue weighted by atomic mass is 10.0. The van der Waals surface area contributed by atoms with Crippen LogP contribution in [0.5, 0.6) is 5.75 Å². The molecule has 0 fully saturated rings. The largest absolute Gasteiger partial charge is 0.492 e. The lowest BCUT2D eigenvalue weighted by Gasteiger charge is -2.18. The minimum absolute atomic E-state index is 0.165. The Morgan fingerprint density at radius 3 is 3.18 bits per heavy atom. The van der Waals surface area contributed by atoms with E-state index < -0.39 is 0 Å². The van der Waals surface area contributed by atoms with E-state index in [1.54, 1.807) is 13.0 Å². The smallest absolute Gasteiger partial charge is 0.239 e. The van der Waals surface area contributed by atoms with Gasteiger partial charge in [-0.15, -0.1) is 0 Å². The highest BCUT2D eigenvalue weighted by Crippen LogP contribution is 2.25.